The van der Waals surface area contributed by atoms with Crippen LogP contribution in [0.15, 0.2) is 24.3 Å². The van der Waals surface area contributed by atoms with Gasteiger partial charge < -0.3 is 10.8 Å². The number of aliphatic hydroxyl groups is 1. The van der Waals surface area contributed by atoms with Gasteiger partial charge in [-0.05, 0) is 31.7 Å². The Morgan fingerprint density at radius 2 is 1.94 bits per heavy atom. The molecule has 90 valence electrons. The molecule has 0 bridgehead atoms. The number of hydrogen-bond donors (Lipinski definition) is 2. The van der Waals surface area contributed by atoms with Crippen LogP contribution in [0.4, 0.5) is 4.39 Å². The largest absolute Gasteiger partial charge is 0.392 e. The van der Waals surface area contributed by atoms with Crippen LogP contribution in [0, 0.1) is 5.82 Å². The van der Waals surface area contributed by atoms with Gasteiger partial charge in [-0.3, -0.25) is 4.90 Å². The van der Waals surface area contributed by atoms with Gasteiger partial charge in [-0.2, -0.15) is 0 Å². The zero-order valence-corrected chi connectivity index (χ0v) is 9.73. The highest BCUT2D eigenvalue weighted by molar-refractivity contribution is 5.20. The molecule has 0 saturated heterocycles. The molecule has 1 aromatic rings. The summed E-state index contributed by atoms with van der Waals surface area (Å²) in [5.74, 6) is -0.252. The van der Waals surface area contributed by atoms with E-state index in [1.807, 2.05) is 11.9 Å². The summed E-state index contributed by atoms with van der Waals surface area (Å²) in [6.45, 7) is 2.71. The van der Waals surface area contributed by atoms with Gasteiger partial charge in [0.2, 0.25) is 0 Å². The van der Waals surface area contributed by atoms with Gasteiger partial charge in [0.1, 0.15) is 5.82 Å². The second kappa shape index (κ2) is 5.94. The van der Waals surface area contributed by atoms with Gasteiger partial charge >= 0.3 is 0 Å². The first-order valence-corrected chi connectivity index (χ1v) is 5.38. The molecule has 0 amide bonds. The van der Waals surface area contributed by atoms with Gasteiger partial charge in [-0.15, -0.1) is 0 Å². The first-order chi connectivity index (χ1) is 7.54. The lowest BCUT2D eigenvalue weighted by Crippen LogP contribution is -2.35. The van der Waals surface area contributed by atoms with E-state index >= 15 is 0 Å². The lowest BCUT2D eigenvalue weighted by molar-refractivity contribution is 0.119. The molecule has 1 aromatic carbocycles. The summed E-state index contributed by atoms with van der Waals surface area (Å²) in [5.41, 5.74) is 6.67. The summed E-state index contributed by atoms with van der Waals surface area (Å²) in [4.78, 5) is 1.97. The standard InChI is InChI=1S/C12H19FN2O/c1-9(16)8-15(2)12(7-14)10-3-5-11(13)6-4-10/h3-6,9,12,16H,7-8,14H2,1-2H3. The summed E-state index contributed by atoms with van der Waals surface area (Å²) < 4.78 is 12.8. The molecular weight excluding hydrogens is 207 g/mol. The molecule has 2 unspecified atom stereocenters. The second-order valence-corrected chi connectivity index (χ2v) is 4.09. The molecule has 0 radical (unpaired) electrons. The molecule has 0 spiro atoms. The number of nitrogens with zero attached hydrogens (tertiary/aromatic N) is 1. The third-order valence-corrected chi connectivity index (χ3v) is 2.56. The number of halogens is 1. The summed E-state index contributed by atoms with van der Waals surface area (Å²) in [6.07, 6.45) is -0.403. The minimum Gasteiger partial charge on any atom is -0.392 e. The molecule has 1 rings (SSSR count). The van der Waals surface area contributed by atoms with E-state index in [1.54, 1.807) is 19.1 Å². The fourth-order valence-electron chi connectivity index (χ4n) is 1.80. The maximum absolute atomic E-state index is 12.8. The van der Waals surface area contributed by atoms with Crippen LogP contribution in [0.2, 0.25) is 0 Å². The first-order valence-electron chi connectivity index (χ1n) is 5.38. The number of rotatable bonds is 5. The Kier molecular flexibility index (Phi) is 4.86. The highest BCUT2D eigenvalue weighted by atomic mass is 19.1. The van der Waals surface area contributed by atoms with Gasteiger partial charge in [-0.25, -0.2) is 4.39 Å². The summed E-state index contributed by atoms with van der Waals surface area (Å²) in [5, 5.41) is 9.32. The Hall–Kier alpha value is -0.970. The van der Waals surface area contributed by atoms with Crippen LogP contribution in [0.25, 0.3) is 0 Å². The lowest BCUT2D eigenvalue weighted by atomic mass is 10.1. The lowest BCUT2D eigenvalue weighted by Gasteiger charge is -2.28. The Morgan fingerprint density at radius 3 is 2.38 bits per heavy atom. The summed E-state index contributed by atoms with van der Waals surface area (Å²) in [6, 6.07) is 6.31. The van der Waals surface area contributed by atoms with Crippen LogP contribution in [0.5, 0.6) is 0 Å². The summed E-state index contributed by atoms with van der Waals surface area (Å²) in [7, 11) is 1.90. The molecule has 2 atom stereocenters. The summed E-state index contributed by atoms with van der Waals surface area (Å²) >= 11 is 0. The Balaban J connectivity index is 2.77. The molecule has 0 aromatic heterocycles. The quantitative estimate of drug-likeness (QED) is 0.791. The Bertz CT molecular complexity index is 313. The van der Waals surface area contributed by atoms with Crippen molar-refractivity contribution < 1.29 is 9.50 Å². The van der Waals surface area contributed by atoms with Crippen molar-refractivity contribution in [1.82, 2.24) is 4.90 Å². The fraction of sp³-hybridized carbons (Fsp3) is 0.500. The minimum absolute atomic E-state index is 0.00944. The molecule has 3 nitrogen and oxygen atoms in total. The van der Waals surface area contributed by atoms with Crippen LogP contribution in [0.3, 0.4) is 0 Å². The van der Waals surface area contributed by atoms with E-state index in [2.05, 4.69) is 0 Å². The number of likely N-dealkylation sites (N-methyl/N-ethyl adjacent to an activating group) is 1. The third-order valence-electron chi connectivity index (χ3n) is 2.56. The topological polar surface area (TPSA) is 49.5 Å². The molecule has 16 heavy (non-hydrogen) atoms. The van der Waals surface area contributed by atoms with Crippen molar-refractivity contribution in [2.75, 3.05) is 20.1 Å². The average molecular weight is 226 g/mol. The van der Waals surface area contributed by atoms with Crippen molar-refractivity contribution in [3.63, 3.8) is 0 Å². The van der Waals surface area contributed by atoms with E-state index in [0.717, 1.165) is 5.56 Å². The van der Waals surface area contributed by atoms with Crippen LogP contribution in [0.1, 0.15) is 18.5 Å². The zero-order valence-electron chi connectivity index (χ0n) is 9.73. The highest BCUT2D eigenvalue weighted by Crippen LogP contribution is 2.18. The fourth-order valence-corrected chi connectivity index (χ4v) is 1.80. The van der Waals surface area contributed by atoms with E-state index in [0.29, 0.717) is 13.1 Å². The van der Waals surface area contributed by atoms with Crippen molar-refractivity contribution in [1.29, 1.82) is 0 Å². The van der Waals surface area contributed by atoms with Crippen molar-refractivity contribution in [2.24, 2.45) is 5.73 Å². The molecule has 0 aliphatic heterocycles. The van der Waals surface area contributed by atoms with Gasteiger partial charge in [0.05, 0.1) is 6.10 Å². The van der Waals surface area contributed by atoms with Crippen molar-refractivity contribution in [3.8, 4) is 0 Å². The first kappa shape index (κ1) is 13.1. The zero-order chi connectivity index (χ0) is 12.1. The molecule has 0 aliphatic carbocycles. The Morgan fingerprint density at radius 1 is 1.38 bits per heavy atom. The average Bonchev–Trinajstić information content (AvgIpc) is 2.21. The number of nitrogens with two attached hydrogens (primary N) is 1. The molecule has 0 saturated carbocycles. The van der Waals surface area contributed by atoms with Crippen molar-refractivity contribution in [3.05, 3.63) is 35.6 Å². The van der Waals surface area contributed by atoms with Gasteiger partial charge in [0.25, 0.3) is 0 Å². The van der Waals surface area contributed by atoms with Crippen LogP contribution in [-0.4, -0.2) is 36.2 Å². The normalized spacial score (nSPS) is 15.1. The van der Waals surface area contributed by atoms with Crippen molar-refractivity contribution >= 4 is 0 Å². The molecular formula is C12H19FN2O. The number of aliphatic hydroxyl groups excluding tert-OH is 1. The number of hydrogen-bond acceptors (Lipinski definition) is 3. The molecule has 0 aliphatic rings. The van der Waals surface area contributed by atoms with Crippen LogP contribution in [-0.2, 0) is 0 Å². The monoisotopic (exact) mass is 226 g/mol. The predicted molar refractivity (Wildman–Crippen MR) is 62.5 cm³/mol. The van der Waals surface area contributed by atoms with E-state index in [1.165, 1.54) is 12.1 Å². The minimum atomic E-state index is -0.403. The SMILES string of the molecule is CC(O)CN(C)C(CN)c1ccc(F)cc1. The van der Waals surface area contributed by atoms with Crippen molar-refractivity contribution in [2.45, 2.75) is 19.1 Å². The predicted octanol–water partition coefficient (Wildman–Crippen LogP) is 1.14. The highest BCUT2D eigenvalue weighted by Gasteiger charge is 2.16. The molecule has 0 fully saturated rings. The van der Waals surface area contributed by atoms with Gasteiger partial charge in [0.15, 0.2) is 0 Å². The van der Waals surface area contributed by atoms with E-state index in [4.69, 9.17) is 5.73 Å². The Labute approximate surface area is 95.7 Å². The molecule has 0 heterocycles. The third kappa shape index (κ3) is 3.56. The second-order valence-electron chi connectivity index (χ2n) is 4.09. The van der Waals surface area contributed by atoms with Gasteiger partial charge in [0, 0.05) is 19.1 Å². The maximum Gasteiger partial charge on any atom is 0.123 e. The molecule has 3 N–H and O–H groups in total. The smallest absolute Gasteiger partial charge is 0.123 e. The number of benzene rings is 1. The van der Waals surface area contributed by atoms with Crippen LogP contribution >= 0.6 is 0 Å². The van der Waals surface area contributed by atoms with E-state index in [-0.39, 0.29) is 11.9 Å². The van der Waals surface area contributed by atoms with Gasteiger partial charge in [-0.1, -0.05) is 12.1 Å². The maximum atomic E-state index is 12.8. The van der Waals surface area contributed by atoms with E-state index < -0.39 is 6.10 Å². The van der Waals surface area contributed by atoms with Crippen LogP contribution < -0.4 is 5.73 Å². The molecule has 4 heteroatoms. The van der Waals surface area contributed by atoms with E-state index in [9.17, 15) is 9.50 Å².